The Morgan fingerprint density at radius 1 is 1.28 bits per heavy atom. The second-order valence-corrected chi connectivity index (χ2v) is 4.17. The van der Waals surface area contributed by atoms with Gasteiger partial charge in [0.25, 0.3) is 0 Å². The predicted octanol–water partition coefficient (Wildman–Crippen LogP) is 4.25. The highest BCUT2D eigenvalue weighted by molar-refractivity contribution is 6.35. The molecule has 0 aliphatic carbocycles. The van der Waals surface area contributed by atoms with Crippen LogP contribution in [-0.2, 0) is 0 Å². The van der Waals surface area contributed by atoms with Crippen molar-refractivity contribution in [3.63, 3.8) is 0 Å². The standard InChI is InChI=1S/C10H6Cl2F4N2/c11-7-1-6(2-8(12)9(7)13)18-4-5(3-17)10(14,15)16/h1-2,5,18H,4H2. The van der Waals surface area contributed by atoms with Gasteiger partial charge in [-0.25, -0.2) is 4.39 Å². The molecule has 1 atom stereocenters. The fourth-order valence-electron chi connectivity index (χ4n) is 1.11. The largest absolute Gasteiger partial charge is 0.406 e. The minimum absolute atomic E-state index is 0.107. The smallest absolute Gasteiger partial charge is 0.383 e. The number of rotatable bonds is 3. The number of benzene rings is 1. The van der Waals surface area contributed by atoms with Crippen molar-refractivity contribution in [3.05, 3.63) is 28.0 Å². The lowest BCUT2D eigenvalue weighted by molar-refractivity contribution is -0.155. The Kier molecular flexibility index (Phi) is 4.65. The third-order valence-corrected chi connectivity index (χ3v) is 2.60. The van der Waals surface area contributed by atoms with E-state index in [2.05, 4.69) is 5.32 Å². The van der Waals surface area contributed by atoms with Gasteiger partial charge in [0.05, 0.1) is 16.1 Å². The zero-order chi connectivity index (χ0) is 13.9. The molecular formula is C10H6Cl2F4N2. The Morgan fingerprint density at radius 2 is 1.78 bits per heavy atom. The molecule has 0 radical (unpaired) electrons. The lowest BCUT2D eigenvalue weighted by Gasteiger charge is -2.15. The number of hydrogen-bond acceptors (Lipinski definition) is 2. The summed E-state index contributed by atoms with van der Waals surface area (Å²) < 4.78 is 49.9. The topological polar surface area (TPSA) is 35.8 Å². The number of nitrogens with zero attached hydrogens (tertiary/aromatic N) is 1. The van der Waals surface area contributed by atoms with Crippen LogP contribution in [0.15, 0.2) is 12.1 Å². The summed E-state index contributed by atoms with van der Waals surface area (Å²) in [7, 11) is 0. The number of halogens is 6. The zero-order valence-corrected chi connectivity index (χ0v) is 10.2. The first-order valence-electron chi connectivity index (χ1n) is 4.60. The van der Waals surface area contributed by atoms with E-state index in [1.54, 1.807) is 0 Å². The van der Waals surface area contributed by atoms with Crippen LogP contribution < -0.4 is 5.32 Å². The molecule has 2 nitrogen and oxygen atoms in total. The van der Waals surface area contributed by atoms with Gasteiger partial charge in [-0.05, 0) is 12.1 Å². The molecule has 0 spiro atoms. The van der Waals surface area contributed by atoms with Crippen LogP contribution in [0.3, 0.4) is 0 Å². The van der Waals surface area contributed by atoms with Crippen LogP contribution in [0.2, 0.25) is 10.0 Å². The summed E-state index contributed by atoms with van der Waals surface area (Å²) in [5.74, 6) is -3.02. The van der Waals surface area contributed by atoms with Gasteiger partial charge < -0.3 is 5.32 Å². The van der Waals surface area contributed by atoms with Crippen molar-refractivity contribution in [2.45, 2.75) is 6.18 Å². The van der Waals surface area contributed by atoms with Crippen molar-refractivity contribution in [1.82, 2.24) is 0 Å². The molecule has 8 heteroatoms. The molecule has 1 aromatic rings. The van der Waals surface area contributed by atoms with Gasteiger partial charge in [-0.15, -0.1) is 0 Å². The minimum Gasteiger partial charge on any atom is -0.383 e. The van der Waals surface area contributed by atoms with Crippen LogP contribution in [0.4, 0.5) is 23.2 Å². The Labute approximate surface area is 110 Å². The second kappa shape index (κ2) is 5.63. The normalized spacial score (nSPS) is 12.9. The van der Waals surface area contributed by atoms with Crippen molar-refractivity contribution < 1.29 is 17.6 Å². The highest BCUT2D eigenvalue weighted by atomic mass is 35.5. The molecule has 0 fully saturated rings. The fourth-order valence-corrected chi connectivity index (χ4v) is 1.60. The highest BCUT2D eigenvalue weighted by Gasteiger charge is 2.39. The molecule has 0 saturated carbocycles. The predicted molar refractivity (Wildman–Crippen MR) is 60.1 cm³/mol. The van der Waals surface area contributed by atoms with E-state index in [9.17, 15) is 17.6 Å². The number of alkyl halides is 3. The summed E-state index contributed by atoms with van der Waals surface area (Å²) in [6.45, 7) is -0.668. The minimum atomic E-state index is -4.63. The molecule has 1 aromatic carbocycles. The maximum Gasteiger partial charge on any atom is 0.406 e. The molecular weight excluding hydrogens is 295 g/mol. The van der Waals surface area contributed by atoms with Gasteiger partial charge >= 0.3 is 6.18 Å². The van der Waals surface area contributed by atoms with Gasteiger partial charge in [-0.1, -0.05) is 23.2 Å². The SMILES string of the molecule is N#CC(CNc1cc(Cl)c(F)c(Cl)c1)C(F)(F)F. The molecule has 0 heterocycles. The first-order valence-corrected chi connectivity index (χ1v) is 5.36. The average Bonchev–Trinajstić information content (AvgIpc) is 2.24. The van der Waals surface area contributed by atoms with E-state index in [-0.39, 0.29) is 15.7 Å². The second-order valence-electron chi connectivity index (χ2n) is 3.36. The summed E-state index contributed by atoms with van der Waals surface area (Å²) in [6.07, 6.45) is -4.63. The van der Waals surface area contributed by atoms with Crippen molar-refractivity contribution in [2.75, 3.05) is 11.9 Å². The molecule has 98 valence electrons. The van der Waals surface area contributed by atoms with E-state index in [4.69, 9.17) is 28.5 Å². The van der Waals surface area contributed by atoms with E-state index in [1.807, 2.05) is 0 Å². The van der Waals surface area contributed by atoms with Gasteiger partial charge in [-0.3, -0.25) is 0 Å². The van der Waals surface area contributed by atoms with E-state index in [1.165, 1.54) is 0 Å². The van der Waals surface area contributed by atoms with Gasteiger partial charge in [0.2, 0.25) is 0 Å². The Bertz CT molecular complexity index is 459. The monoisotopic (exact) mass is 300 g/mol. The van der Waals surface area contributed by atoms with Crippen LogP contribution in [0.25, 0.3) is 0 Å². The van der Waals surface area contributed by atoms with E-state index < -0.39 is 24.5 Å². The Morgan fingerprint density at radius 3 is 2.17 bits per heavy atom. The summed E-state index contributed by atoms with van der Waals surface area (Å²) in [5.41, 5.74) is 0.107. The maximum atomic E-state index is 13.0. The van der Waals surface area contributed by atoms with Gasteiger partial charge in [0.15, 0.2) is 11.7 Å². The van der Waals surface area contributed by atoms with E-state index in [0.29, 0.717) is 0 Å². The third kappa shape index (κ3) is 3.65. The Hall–Kier alpha value is -1.19. The van der Waals surface area contributed by atoms with Gasteiger partial charge in [-0.2, -0.15) is 18.4 Å². The first-order chi connectivity index (χ1) is 8.25. The van der Waals surface area contributed by atoms with Crippen molar-refractivity contribution >= 4 is 28.9 Å². The quantitative estimate of drug-likeness (QED) is 0.669. The van der Waals surface area contributed by atoms with Gasteiger partial charge in [0, 0.05) is 12.2 Å². The Balaban J connectivity index is 2.79. The highest BCUT2D eigenvalue weighted by Crippen LogP contribution is 2.29. The molecule has 0 aromatic heterocycles. The fraction of sp³-hybridized carbons (Fsp3) is 0.300. The first kappa shape index (κ1) is 14.9. The molecule has 0 aliphatic heterocycles. The average molecular weight is 301 g/mol. The molecule has 18 heavy (non-hydrogen) atoms. The molecule has 1 unspecified atom stereocenters. The van der Waals surface area contributed by atoms with Crippen molar-refractivity contribution in [1.29, 1.82) is 5.26 Å². The summed E-state index contributed by atoms with van der Waals surface area (Å²) >= 11 is 10.9. The maximum absolute atomic E-state index is 13.0. The van der Waals surface area contributed by atoms with Crippen LogP contribution in [0.1, 0.15) is 0 Å². The molecule has 0 amide bonds. The van der Waals surface area contributed by atoms with Crippen LogP contribution in [0.5, 0.6) is 0 Å². The van der Waals surface area contributed by atoms with Crippen LogP contribution in [-0.4, -0.2) is 12.7 Å². The van der Waals surface area contributed by atoms with Crippen molar-refractivity contribution in [2.24, 2.45) is 5.92 Å². The number of nitrogens with one attached hydrogen (secondary N) is 1. The molecule has 0 aliphatic rings. The van der Waals surface area contributed by atoms with Crippen LogP contribution in [0, 0.1) is 23.1 Å². The lowest BCUT2D eigenvalue weighted by atomic mass is 10.1. The molecule has 0 saturated heterocycles. The molecule has 0 bridgehead atoms. The van der Waals surface area contributed by atoms with Crippen LogP contribution >= 0.6 is 23.2 Å². The molecule has 1 rings (SSSR count). The van der Waals surface area contributed by atoms with Crippen molar-refractivity contribution in [3.8, 4) is 6.07 Å². The summed E-state index contributed by atoms with van der Waals surface area (Å²) in [5, 5.41) is 10.1. The van der Waals surface area contributed by atoms with Gasteiger partial charge in [0.1, 0.15) is 0 Å². The zero-order valence-electron chi connectivity index (χ0n) is 8.65. The summed E-state index contributed by atoms with van der Waals surface area (Å²) in [6, 6.07) is 3.31. The van der Waals surface area contributed by atoms with E-state index >= 15 is 0 Å². The number of nitriles is 1. The third-order valence-electron chi connectivity index (χ3n) is 2.05. The number of hydrogen-bond donors (Lipinski definition) is 1. The summed E-state index contributed by atoms with van der Waals surface area (Å²) in [4.78, 5) is 0. The number of anilines is 1. The molecule has 1 N–H and O–H groups in total. The van der Waals surface area contributed by atoms with E-state index in [0.717, 1.165) is 18.2 Å². The lowest BCUT2D eigenvalue weighted by Crippen LogP contribution is -2.28.